The fourth-order valence-electron chi connectivity index (χ4n) is 2.28. The average molecular weight is 408 g/mol. The van der Waals surface area contributed by atoms with E-state index in [1.807, 2.05) is 24.5 Å². The highest BCUT2D eigenvalue weighted by Crippen LogP contribution is 2.29. The summed E-state index contributed by atoms with van der Waals surface area (Å²) >= 11 is 2.83. The Labute approximate surface area is 168 Å². The number of anilines is 1. The first-order chi connectivity index (χ1) is 13.2. The van der Waals surface area contributed by atoms with Crippen LogP contribution in [0.4, 0.5) is 5.13 Å². The van der Waals surface area contributed by atoms with Crippen LogP contribution in [0.5, 0.6) is 11.5 Å². The summed E-state index contributed by atoms with van der Waals surface area (Å²) < 4.78 is 12.0. The van der Waals surface area contributed by atoms with Crippen molar-refractivity contribution in [3.05, 3.63) is 29.8 Å². The van der Waals surface area contributed by atoms with Crippen LogP contribution < -0.4 is 14.8 Å². The minimum absolute atomic E-state index is 0.256. The highest BCUT2D eigenvalue weighted by molar-refractivity contribution is 8.00. The molecule has 146 valence electrons. The van der Waals surface area contributed by atoms with Gasteiger partial charge in [0, 0.05) is 6.08 Å². The average Bonchev–Trinajstić information content (AvgIpc) is 3.14. The topological polar surface area (TPSA) is 73.3 Å². The van der Waals surface area contributed by atoms with Crippen LogP contribution in [0.1, 0.15) is 38.2 Å². The highest BCUT2D eigenvalue weighted by atomic mass is 32.2. The Bertz CT molecular complexity index is 762. The largest absolute Gasteiger partial charge is 0.493 e. The van der Waals surface area contributed by atoms with E-state index in [4.69, 9.17) is 9.47 Å². The molecule has 0 fully saturated rings. The second-order valence-corrected chi connectivity index (χ2v) is 7.75. The number of hydrogen-bond donors (Lipinski definition) is 1. The van der Waals surface area contributed by atoms with Crippen LogP contribution in [-0.2, 0) is 4.79 Å². The van der Waals surface area contributed by atoms with Gasteiger partial charge in [0.2, 0.25) is 11.0 Å². The number of carbonyl (C=O) groups excluding carboxylic acids is 1. The molecule has 0 radical (unpaired) electrons. The molecule has 2 rings (SSSR count). The zero-order valence-electron chi connectivity index (χ0n) is 15.9. The molecule has 0 bridgehead atoms. The van der Waals surface area contributed by atoms with Crippen molar-refractivity contribution in [3.8, 4) is 11.5 Å². The number of nitrogens with one attached hydrogen (secondary N) is 1. The van der Waals surface area contributed by atoms with Gasteiger partial charge in [0.15, 0.2) is 15.8 Å². The molecule has 8 heteroatoms. The van der Waals surface area contributed by atoms with E-state index in [1.165, 1.54) is 48.4 Å². The predicted molar refractivity (Wildman–Crippen MR) is 112 cm³/mol. The normalized spacial score (nSPS) is 10.9. The molecule has 0 spiro atoms. The van der Waals surface area contributed by atoms with Crippen molar-refractivity contribution in [3.63, 3.8) is 0 Å². The molecule has 2 aromatic rings. The molecule has 1 aromatic carbocycles. The van der Waals surface area contributed by atoms with Crippen LogP contribution in [0.2, 0.25) is 0 Å². The van der Waals surface area contributed by atoms with E-state index in [9.17, 15) is 4.79 Å². The van der Waals surface area contributed by atoms with Crippen molar-refractivity contribution in [2.45, 2.75) is 36.9 Å². The van der Waals surface area contributed by atoms with Crippen LogP contribution in [0.15, 0.2) is 28.6 Å². The van der Waals surface area contributed by atoms with Crippen molar-refractivity contribution < 1.29 is 14.3 Å². The standard InChI is InChI=1S/C19H25N3O3S2/c1-4-5-6-7-12-25-15-10-8-14(13-16(15)24-2)9-11-17(23)20-18-21-22-19(26-3)27-18/h8-11,13H,4-7,12H2,1-3H3,(H,20,21,23)/b11-9+. The van der Waals surface area contributed by atoms with Gasteiger partial charge in [-0.05, 0) is 36.4 Å². The van der Waals surface area contributed by atoms with Crippen molar-refractivity contribution in [1.82, 2.24) is 10.2 Å². The van der Waals surface area contributed by atoms with Gasteiger partial charge in [-0.3, -0.25) is 10.1 Å². The number of benzene rings is 1. The first-order valence-corrected chi connectivity index (χ1v) is 10.9. The Morgan fingerprint density at radius 1 is 1.26 bits per heavy atom. The maximum atomic E-state index is 12.0. The molecule has 0 atom stereocenters. The maximum absolute atomic E-state index is 12.0. The molecule has 0 aliphatic heterocycles. The lowest BCUT2D eigenvalue weighted by atomic mass is 10.2. The number of unbranched alkanes of at least 4 members (excludes halogenated alkanes) is 3. The van der Waals surface area contributed by atoms with E-state index >= 15 is 0 Å². The number of thioether (sulfide) groups is 1. The smallest absolute Gasteiger partial charge is 0.250 e. The van der Waals surface area contributed by atoms with E-state index in [-0.39, 0.29) is 5.91 Å². The van der Waals surface area contributed by atoms with Gasteiger partial charge in [0.1, 0.15) is 0 Å². The zero-order valence-corrected chi connectivity index (χ0v) is 17.5. The van der Waals surface area contributed by atoms with Crippen molar-refractivity contribution >= 4 is 40.2 Å². The molecule has 27 heavy (non-hydrogen) atoms. The third kappa shape index (κ3) is 7.22. The first kappa shape index (κ1) is 21.2. The minimum atomic E-state index is -0.256. The second kappa shape index (κ2) is 11.6. The first-order valence-electron chi connectivity index (χ1n) is 8.83. The van der Waals surface area contributed by atoms with Crippen LogP contribution in [0, 0.1) is 0 Å². The summed E-state index contributed by atoms with van der Waals surface area (Å²) in [6.45, 7) is 2.86. The number of amides is 1. The number of nitrogens with zero attached hydrogens (tertiary/aromatic N) is 2. The van der Waals surface area contributed by atoms with E-state index < -0.39 is 0 Å². The number of hydrogen-bond acceptors (Lipinski definition) is 7. The van der Waals surface area contributed by atoms with E-state index in [0.717, 1.165) is 16.3 Å². The Kier molecular flexibility index (Phi) is 9.13. The lowest BCUT2D eigenvalue weighted by Gasteiger charge is -2.11. The Morgan fingerprint density at radius 3 is 2.81 bits per heavy atom. The third-order valence-corrected chi connectivity index (χ3v) is 5.50. The molecule has 0 aliphatic rings. The summed E-state index contributed by atoms with van der Waals surface area (Å²) in [7, 11) is 1.61. The van der Waals surface area contributed by atoms with Gasteiger partial charge in [-0.25, -0.2) is 0 Å². The molecule has 0 saturated heterocycles. The fraction of sp³-hybridized carbons (Fsp3) is 0.421. The summed E-state index contributed by atoms with van der Waals surface area (Å²) in [5, 5.41) is 11.0. The zero-order chi connectivity index (χ0) is 19.5. The van der Waals surface area contributed by atoms with Gasteiger partial charge in [0.05, 0.1) is 13.7 Å². The lowest BCUT2D eigenvalue weighted by Crippen LogP contribution is -2.07. The monoisotopic (exact) mass is 407 g/mol. The molecule has 1 heterocycles. The third-order valence-electron chi connectivity index (χ3n) is 3.68. The van der Waals surface area contributed by atoms with E-state index in [0.29, 0.717) is 23.2 Å². The fourth-order valence-corrected chi connectivity index (χ4v) is 3.45. The molecule has 0 unspecified atom stereocenters. The van der Waals surface area contributed by atoms with E-state index in [2.05, 4.69) is 22.4 Å². The molecule has 6 nitrogen and oxygen atoms in total. The molecule has 1 amide bonds. The minimum Gasteiger partial charge on any atom is -0.493 e. The molecule has 0 saturated carbocycles. The van der Waals surface area contributed by atoms with Gasteiger partial charge < -0.3 is 9.47 Å². The highest BCUT2D eigenvalue weighted by Gasteiger charge is 2.07. The quantitative estimate of drug-likeness (QED) is 0.248. The molecular weight excluding hydrogens is 382 g/mol. The Morgan fingerprint density at radius 2 is 2.11 bits per heavy atom. The van der Waals surface area contributed by atoms with Gasteiger partial charge in [-0.2, -0.15) is 0 Å². The van der Waals surface area contributed by atoms with Gasteiger partial charge in [-0.15, -0.1) is 10.2 Å². The number of carbonyl (C=O) groups is 1. The summed E-state index contributed by atoms with van der Waals surface area (Å²) in [5.74, 6) is 1.12. The Hall–Kier alpha value is -2.06. The van der Waals surface area contributed by atoms with Crippen molar-refractivity contribution in [1.29, 1.82) is 0 Å². The lowest BCUT2D eigenvalue weighted by molar-refractivity contribution is -0.111. The van der Waals surface area contributed by atoms with Crippen LogP contribution in [0.3, 0.4) is 0 Å². The number of rotatable bonds is 11. The van der Waals surface area contributed by atoms with E-state index in [1.54, 1.807) is 13.2 Å². The number of ether oxygens (including phenoxy) is 2. The van der Waals surface area contributed by atoms with Gasteiger partial charge in [-0.1, -0.05) is 55.4 Å². The molecule has 1 N–H and O–H groups in total. The van der Waals surface area contributed by atoms with Gasteiger partial charge >= 0.3 is 0 Å². The number of methoxy groups -OCH3 is 1. The number of aromatic nitrogens is 2. The molecule has 0 aliphatic carbocycles. The summed E-state index contributed by atoms with van der Waals surface area (Å²) in [4.78, 5) is 12.0. The molecular formula is C19H25N3O3S2. The van der Waals surface area contributed by atoms with Crippen LogP contribution >= 0.6 is 23.1 Å². The van der Waals surface area contributed by atoms with Crippen molar-refractivity contribution in [2.24, 2.45) is 0 Å². The Balaban J connectivity index is 1.91. The SMILES string of the molecule is CCCCCCOc1ccc(/C=C/C(=O)Nc2nnc(SC)s2)cc1OC. The van der Waals surface area contributed by atoms with Crippen LogP contribution in [0.25, 0.3) is 6.08 Å². The van der Waals surface area contributed by atoms with Crippen molar-refractivity contribution in [2.75, 3.05) is 25.3 Å². The second-order valence-electron chi connectivity index (χ2n) is 5.72. The van der Waals surface area contributed by atoms with Gasteiger partial charge in [0.25, 0.3) is 0 Å². The summed E-state index contributed by atoms with van der Waals surface area (Å²) in [6, 6.07) is 5.61. The van der Waals surface area contributed by atoms with Crippen LogP contribution in [-0.4, -0.2) is 36.1 Å². The molecule has 1 aromatic heterocycles. The summed E-state index contributed by atoms with van der Waals surface area (Å²) in [6.07, 6.45) is 9.72. The maximum Gasteiger partial charge on any atom is 0.250 e. The predicted octanol–water partition coefficient (Wildman–Crippen LogP) is 4.88. The summed E-state index contributed by atoms with van der Waals surface area (Å²) in [5.41, 5.74) is 0.849.